The highest BCUT2D eigenvalue weighted by Gasteiger charge is 2.09. The summed E-state index contributed by atoms with van der Waals surface area (Å²) in [5.74, 6) is 0.615. The Hall–Kier alpha value is -2.09. The Kier molecular flexibility index (Phi) is 4.00. The van der Waals surface area contributed by atoms with Crippen LogP contribution in [-0.2, 0) is 11.3 Å². The van der Waals surface area contributed by atoms with Crippen LogP contribution in [0.1, 0.15) is 0 Å². The van der Waals surface area contributed by atoms with Crippen molar-refractivity contribution in [2.45, 2.75) is 6.54 Å². The number of nitrogen functional groups attached to an aromatic ring is 1. The molecule has 0 spiro atoms. The third-order valence-corrected chi connectivity index (χ3v) is 2.90. The maximum atomic E-state index is 11.8. The minimum absolute atomic E-state index is 0.0246. The maximum Gasteiger partial charge on any atom is 0.246 e. The zero-order valence-electron chi connectivity index (χ0n) is 10.1. The van der Waals surface area contributed by atoms with Crippen molar-refractivity contribution in [3.05, 3.63) is 29.0 Å². The smallest absolute Gasteiger partial charge is 0.246 e. The van der Waals surface area contributed by atoms with Gasteiger partial charge in [0.15, 0.2) is 4.73 Å². The molecule has 2 rings (SSSR count). The molecule has 100 valence electrons. The van der Waals surface area contributed by atoms with Crippen molar-refractivity contribution in [3.63, 3.8) is 0 Å². The van der Waals surface area contributed by atoms with E-state index in [1.807, 2.05) is 0 Å². The highest BCUT2D eigenvalue weighted by atomic mass is 79.9. The predicted octanol–water partition coefficient (Wildman–Crippen LogP) is 1.27. The molecule has 0 saturated carbocycles. The van der Waals surface area contributed by atoms with Crippen molar-refractivity contribution in [2.24, 2.45) is 0 Å². The van der Waals surface area contributed by atoms with E-state index in [0.29, 0.717) is 10.4 Å². The van der Waals surface area contributed by atoms with E-state index in [1.165, 1.54) is 4.68 Å². The van der Waals surface area contributed by atoms with Gasteiger partial charge in [0.1, 0.15) is 12.3 Å². The van der Waals surface area contributed by atoms with Gasteiger partial charge in [-0.1, -0.05) is 0 Å². The third kappa shape index (κ3) is 3.44. The molecule has 0 aliphatic rings. The molecule has 1 aromatic carbocycles. The molecule has 2 aromatic rings. The number of nitrogens with zero attached hydrogens (tertiary/aromatic N) is 3. The fraction of sp³-hybridized carbons (Fsp3) is 0.182. The first-order valence-corrected chi connectivity index (χ1v) is 6.17. The van der Waals surface area contributed by atoms with Crippen LogP contribution in [0.25, 0.3) is 0 Å². The van der Waals surface area contributed by atoms with Crippen LogP contribution >= 0.6 is 15.9 Å². The number of hydrogen-bond donors (Lipinski definition) is 2. The highest BCUT2D eigenvalue weighted by molar-refractivity contribution is 9.10. The normalized spacial score (nSPS) is 10.2. The molecule has 1 aromatic heterocycles. The van der Waals surface area contributed by atoms with Crippen molar-refractivity contribution < 1.29 is 9.53 Å². The maximum absolute atomic E-state index is 11.8. The number of methoxy groups -OCH3 is 1. The lowest BCUT2D eigenvalue weighted by molar-refractivity contribution is -0.116. The van der Waals surface area contributed by atoms with E-state index in [-0.39, 0.29) is 18.4 Å². The summed E-state index contributed by atoms with van der Waals surface area (Å²) in [6.45, 7) is 0.0246. The number of anilines is 2. The zero-order chi connectivity index (χ0) is 13.8. The number of carbonyl (C=O) groups is 1. The van der Waals surface area contributed by atoms with Gasteiger partial charge in [-0.2, -0.15) is 4.98 Å². The van der Waals surface area contributed by atoms with Crippen LogP contribution in [0, 0.1) is 0 Å². The van der Waals surface area contributed by atoms with Crippen molar-refractivity contribution in [3.8, 4) is 5.75 Å². The summed E-state index contributed by atoms with van der Waals surface area (Å²) in [4.78, 5) is 15.6. The lowest BCUT2D eigenvalue weighted by Crippen LogP contribution is -2.19. The summed E-state index contributed by atoms with van der Waals surface area (Å²) in [6.07, 6.45) is 0. The van der Waals surface area contributed by atoms with Gasteiger partial charge in [-0.3, -0.25) is 4.79 Å². The van der Waals surface area contributed by atoms with E-state index in [9.17, 15) is 4.79 Å². The SMILES string of the molecule is COc1ccc(NC(=O)Cn2nc(N)nc2Br)cc1. The van der Waals surface area contributed by atoms with Crippen LogP contribution in [0.5, 0.6) is 5.75 Å². The van der Waals surface area contributed by atoms with Crippen LogP contribution in [0.2, 0.25) is 0 Å². The fourth-order valence-electron chi connectivity index (χ4n) is 1.45. The number of hydrogen-bond acceptors (Lipinski definition) is 5. The monoisotopic (exact) mass is 325 g/mol. The zero-order valence-corrected chi connectivity index (χ0v) is 11.7. The fourth-order valence-corrected chi connectivity index (χ4v) is 1.84. The van der Waals surface area contributed by atoms with Gasteiger partial charge in [-0.05, 0) is 40.2 Å². The number of aromatic nitrogens is 3. The van der Waals surface area contributed by atoms with E-state index in [1.54, 1.807) is 31.4 Å². The molecule has 1 amide bonds. The molecular weight excluding hydrogens is 314 g/mol. The van der Waals surface area contributed by atoms with Gasteiger partial charge < -0.3 is 15.8 Å². The second-order valence-corrected chi connectivity index (χ2v) is 4.38. The van der Waals surface area contributed by atoms with Gasteiger partial charge in [-0.15, -0.1) is 5.10 Å². The second-order valence-electron chi connectivity index (χ2n) is 3.67. The summed E-state index contributed by atoms with van der Waals surface area (Å²) < 4.78 is 6.81. The van der Waals surface area contributed by atoms with E-state index in [2.05, 4.69) is 31.3 Å². The second kappa shape index (κ2) is 5.70. The minimum atomic E-state index is -0.226. The molecule has 0 aliphatic carbocycles. The Morgan fingerprint density at radius 3 is 2.68 bits per heavy atom. The highest BCUT2D eigenvalue weighted by Crippen LogP contribution is 2.15. The molecule has 3 N–H and O–H groups in total. The molecule has 19 heavy (non-hydrogen) atoms. The third-order valence-electron chi connectivity index (χ3n) is 2.31. The number of nitrogens with two attached hydrogens (primary N) is 1. The Balaban J connectivity index is 1.99. The molecule has 0 saturated heterocycles. The average Bonchev–Trinajstić information content (AvgIpc) is 2.68. The van der Waals surface area contributed by atoms with E-state index in [0.717, 1.165) is 5.75 Å². The van der Waals surface area contributed by atoms with Crippen LogP contribution in [0.15, 0.2) is 29.0 Å². The van der Waals surface area contributed by atoms with Gasteiger partial charge in [0, 0.05) is 5.69 Å². The molecule has 1 heterocycles. The lowest BCUT2D eigenvalue weighted by atomic mass is 10.3. The number of halogens is 1. The standard InChI is InChI=1S/C11H12BrN5O2/c1-19-8-4-2-7(3-5-8)14-9(18)6-17-10(12)15-11(13)16-17/h2-5H,6H2,1H3,(H2,13,16)(H,14,18). The molecular formula is C11H12BrN5O2. The molecule has 0 aliphatic heterocycles. The van der Waals surface area contributed by atoms with Gasteiger partial charge >= 0.3 is 0 Å². The average molecular weight is 326 g/mol. The van der Waals surface area contributed by atoms with Crippen molar-refractivity contribution >= 4 is 33.5 Å². The molecule has 0 fully saturated rings. The minimum Gasteiger partial charge on any atom is -0.497 e. The number of ether oxygens (including phenoxy) is 1. The quantitative estimate of drug-likeness (QED) is 0.882. The predicted molar refractivity (Wildman–Crippen MR) is 73.8 cm³/mol. The summed E-state index contributed by atoms with van der Waals surface area (Å²) in [5.41, 5.74) is 6.10. The van der Waals surface area contributed by atoms with Crippen LogP contribution in [0.3, 0.4) is 0 Å². The van der Waals surface area contributed by atoms with E-state index < -0.39 is 0 Å². The number of amides is 1. The molecule has 7 nitrogen and oxygen atoms in total. The Labute approximate surface area is 117 Å². The number of rotatable bonds is 4. The number of nitrogens with one attached hydrogen (secondary N) is 1. The molecule has 0 radical (unpaired) electrons. The van der Waals surface area contributed by atoms with Crippen LogP contribution in [-0.4, -0.2) is 27.8 Å². The first-order chi connectivity index (χ1) is 9.08. The van der Waals surface area contributed by atoms with Gasteiger partial charge in [-0.25, -0.2) is 4.68 Å². The van der Waals surface area contributed by atoms with Gasteiger partial charge in [0.25, 0.3) is 0 Å². The number of carbonyl (C=O) groups excluding carboxylic acids is 1. The van der Waals surface area contributed by atoms with Crippen LogP contribution < -0.4 is 15.8 Å². The Morgan fingerprint density at radius 2 is 2.16 bits per heavy atom. The topological polar surface area (TPSA) is 95.1 Å². The van der Waals surface area contributed by atoms with Crippen LogP contribution in [0.4, 0.5) is 11.6 Å². The van der Waals surface area contributed by atoms with E-state index >= 15 is 0 Å². The molecule has 8 heteroatoms. The molecule has 0 atom stereocenters. The Bertz CT molecular complexity index is 581. The van der Waals surface area contributed by atoms with Crippen molar-refractivity contribution in [1.82, 2.24) is 14.8 Å². The van der Waals surface area contributed by atoms with E-state index in [4.69, 9.17) is 10.5 Å². The van der Waals surface area contributed by atoms with Gasteiger partial charge in [0.2, 0.25) is 11.9 Å². The van der Waals surface area contributed by atoms with Crippen molar-refractivity contribution in [2.75, 3.05) is 18.2 Å². The van der Waals surface area contributed by atoms with Gasteiger partial charge in [0.05, 0.1) is 7.11 Å². The first-order valence-electron chi connectivity index (χ1n) is 5.38. The summed E-state index contributed by atoms with van der Waals surface area (Å²) in [5, 5.41) is 6.61. The number of benzene rings is 1. The lowest BCUT2D eigenvalue weighted by Gasteiger charge is -2.06. The largest absolute Gasteiger partial charge is 0.497 e. The van der Waals surface area contributed by atoms with Crippen molar-refractivity contribution in [1.29, 1.82) is 0 Å². The summed E-state index contributed by atoms with van der Waals surface area (Å²) >= 11 is 3.16. The Morgan fingerprint density at radius 1 is 1.47 bits per heavy atom. The molecule has 0 unspecified atom stereocenters. The first kappa shape index (κ1) is 13.3. The molecule has 0 bridgehead atoms. The summed E-state index contributed by atoms with van der Waals surface area (Å²) in [7, 11) is 1.58. The summed E-state index contributed by atoms with van der Waals surface area (Å²) in [6, 6.07) is 7.03.